The van der Waals surface area contributed by atoms with Crippen molar-refractivity contribution in [2.45, 2.75) is 85.7 Å². The first kappa shape index (κ1) is 25.6. The molecule has 176 valence electrons. The second-order valence-corrected chi connectivity index (χ2v) is 15.5. The summed E-state index contributed by atoms with van der Waals surface area (Å²) >= 11 is 0. The van der Waals surface area contributed by atoms with Crippen molar-refractivity contribution in [1.29, 1.82) is 0 Å². The lowest BCUT2D eigenvalue weighted by Crippen LogP contribution is -2.65. The number of amides is 1. The normalized spacial score (nSPS) is 24.8. The van der Waals surface area contributed by atoms with Gasteiger partial charge in [0.2, 0.25) is 5.91 Å². The van der Waals surface area contributed by atoms with Gasteiger partial charge in [0.15, 0.2) is 8.32 Å². The summed E-state index contributed by atoms with van der Waals surface area (Å²) in [4.78, 5) is 39.0. The molecule has 1 fully saturated rings. The second kappa shape index (κ2) is 9.06. The Hall–Kier alpha value is -1.67. The molecule has 0 bridgehead atoms. The highest BCUT2D eigenvalue weighted by atomic mass is 28.4. The van der Waals surface area contributed by atoms with E-state index in [-0.39, 0.29) is 59.8 Å². The van der Waals surface area contributed by atoms with Gasteiger partial charge in [-0.1, -0.05) is 41.5 Å². The minimum Gasteiger partial charge on any atom is -0.461 e. The molecule has 7 nitrogen and oxygen atoms in total. The highest BCUT2D eigenvalue weighted by molar-refractivity contribution is 6.74. The first-order valence-corrected chi connectivity index (χ1v) is 14.1. The first-order chi connectivity index (χ1) is 14.1. The maximum atomic E-state index is 13.2. The minimum absolute atomic E-state index is 0.0207. The van der Waals surface area contributed by atoms with Crippen LogP contribution in [0, 0.1) is 17.8 Å². The average Bonchev–Trinajstić information content (AvgIpc) is 2.85. The van der Waals surface area contributed by atoms with Crippen LogP contribution in [0.5, 0.6) is 0 Å². The summed E-state index contributed by atoms with van der Waals surface area (Å²) in [5, 5.41) is 0.0274. The van der Waals surface area contributed by atoms with E-state index in [0.29, 0.717) is 5.57 Å². The molecule has 2 heterocycles. The number of esters is 2. The zero-order valence-corrected chi connectivity index (χ0v) is 21.7. The van der Waals surface area contributed by atoms with Crippen LogP contribution in [0.3, 0.4) is 0 Å². The highest BCUT2D eigenvalue weighted by Crippen LogP contribution is 2.49. The summed E-state index contributed by atoms with van der Waals surface area (Å²) in [6.45, 7) is 20.2. The van der Waals surface area contributed by atoms with Gasteiger partial charge in [0.05, 0.1) is 24.7 Å². The lowest BCUT2D eigenvalue weighted by molar-refractivity contribution is -0.163. The van der Waals surface area contributed by atoms with Crippen LogP contribution in [0.2, 0.25) is 18.1 Å². The lowest BCUT2D eigenvalue weighted by Gasteiger charge is -2.50. The van der Waals surface area contributed by atoms with E-state index in [1.54, 1.807) is 4.90 Å². The van der Waals surface area contributed by atoms with Crippen LogP contribution >= 0.6 is 0 Å². The number of hydrogen-bond donors (Lipinski definition) is 0. The van der Waals surface area contributed by atoms with E-state index < -0.39 is 20.3 Å². The van der Waals surface area contributed by atoms with E-state index in [1.165, 1.54) is 6.92 Å². The van der Waals surface area contributed by atoms with E-state index >= 15 is 0 Å². The molecule has 0 spiro atoms. The third kappa shape index (κ3) is 5.05. The fourth-order valence-corrected chi connectivity index (χ4v) is 5.44. The Kier molecular flexibility index (Phi) is 7.48. The number of rotatable bonds is 8. The molecule has 0 aromatic carbocycles. The van der Waals surface area contributed by atoms with Crippen molar-refractivity contribution >= 4 is 26.2 Å². The van der Waals surface area contributed by atoms with Gasteiger partial charge in [-0.3, -0.25) is 9.59 Å². The fourth-order valence-electron chi connectivity index (χ4n) is 4.02. The van der Waals surface area contributed by atoms with Gasteiger partial charge in [-0.15, -0.1) is 0 Å². The Balaban J connectivity index is 2.29. The highest BCUT2D eigenvalue weighted by Gasteiger charge is 2.61. The number of fused-ring (bicyclic) bond motifs is 1. The van der Waals surface area contributed by atoms with Gasteiger partial charge in [0.25, 0.3) is 0 Å². The topological polar surface area (TPSA) is 82.1 Å². The number of nitrogens with zero attached hydrogens (tertiary/aromatic N) is 1. The van der Waals surface area contributed by atoms with Gasteiger partial charge < -0.3 is 18.8 Å². The molecule has 0 radical (unpaired) electrons. The molecule has 2 aliphatic rings. The van der Waals surface area contributed by atoms with Crippen molar-refractivity contribution in [1.82, 2.24) is 4.90 Å². The van der Waals surface area contributed by atoms with Crippen molar-refractivity contribution in [3.8, 4) is 0 Å². The minimum atomic E-state index is -2.07. The molecule has 31 heavy (non-hydrogen) atoms. The summed E-state index contributed by atoms with van der Waals surface area (Å²) in [5.41, 5.74) is 0.879. The molecule has 0 aliphatic carbocycles. The Morgan fingerprint density at radius 2 is 1.71 bits per heavy atom. The maximum Gasteiger partial charge on any atom is 0.355 e. The van der Waals surface area contributed by atoms with Gasteiger partial charge in [-0.05, 0) is 31.0 Å². The van der Waals surface area contributed by atoms with Crippen molar-refractivity contribution in [2.24, 2.45) is 17.8 Å². The Labute approximate surface area is 187 Å². The SMILES string of the molecule is CC(=O)OCC1=C(C(=O)OCC(C)C)N2C(=O)[C@H](C(C)O[Si](C)(C)C(C)(C)C)[C@H]2[C@H]1C. The molecule has 1 saturated heterocycles. The molecule has 1 unspecified atom stereocenters. The van der Waals surface area contributed by atoms with Crippen molar-refractivity contribution in [3.05, 3.63) is 11.3 Å². The van der Waals surface area contributed by atoms with Gasteiger partial charge in [-0.25, -0.2) is 4.79 Å². The van der Waals surface area contributed by atoms with Gasteiger partial charge >= 0.3 is 11.9 Å². The van der Waals surface area contributed by atoms with Crippen molar-refractivity contribution in [2.75, 3.05) is 13.2 Å². The van der Waals surface area contributed by atoms with Crippen molar-refractivity contribution in [3.63, 3.8) is 0 Å². The van der Waals surface area contributed by atoms with Crippen LogP contribution in [0.15, 0.2) is 11.3 Å². The summed E-state index contributed by atoms with van der Waals surface area (Å²) in [5.74, 6) is -1.39. The van der Waals surface area contributed by atoms with E-state index in [2.05, 4.69) is 33.9 Å². The van der Waals surface area contributed by atoms with E-state index in [0.717, 1.165) is 0 Å². The Bertz CT molecular complexity index is 767. The molecule has 8 heteroatoms. The van der Waals surface area contributed by atoms with E-state index in [9.17, 15) is 14.4 Å². The molecule has 1 amide bonds. The summed E-state index contributed by atoms with van der Waals surface area (Å²) in [6.07, 6.45) is -0.266. The number of hydrogen-bond acceptors (Lipinski definition) is 6. The number of ether oxygens (including phenoxy) is 2. The molecular weight excluding hydrogens is 414 g/mol. The fraction of sp³-hybridized carbons (Fsp3) is 0.783. The molecule has 0 aromatic heterocycles. The molecular formula is C23H39NO6Si. The molecule has 0 N–H and O–H groups in total. The predicted molar refractivity (Wildman–Crippen MR) is 120 cm³/mol. The summed E-state index contributed by atoms with van der Waals surface area (Å²) < 4.78 is 17.2. The van der Waals surface area contributed by atoms with Gasteiger partial charge in [0.1, 0.15) is 12.3 Å². The van der Waals surface area contributed by atoms with E-state index in [1.807, 2.05) is 27.7 Å². The lowest BCUT2D eigenvalue weighted by atomic mass is 9.78. The van der Waals surface area contributed by atoms with Crippen LogP contribution in [-0.4, -0.2) is 56.4 Å². The van der Waals surface area contributed by atoms with Crippen LogP contribution in [-0.2, 0) is 28.3 Å². The van der Waals surface area contributed by atoms with Crippen LogP contribution in [0.4, 0.5) is 0 Å². The van der Waals surface area contributed by atoms with Crippen molar-refractivity contribution < 1.29 is 28.3 Å². The zero-order chi connectivity index (χ0) is 23.9. The largest absolute Gasteiger partial charge is 0.461 e. The number of carbonyl (C=O) groups excluding carboxylic acids is 3. The molecule has 0 saturated carbocycles. The molecule has 0 aromatic rings. The molecule has 2 rings (SSSR count). The van der Waals surface area contributed by atoms with Crippen LogP contribution < -0.4 is 0 Å². The first-order valence-electron chi connectivity index (χ1n) is 11.1. The quantitative estimate of drug-likeness (QED) is 0.315. The molecule has 4 atom stereocenters. The average molecular weight is 454 g/mol. The summed E-state index contributed by atoms with van der Waals surface area (Å²) in [6, 6.07) is -0.195. The third-order valence-corrected chi connectivity index (χ3v) is 11.3. The monoisotopic (exact) mass is 453 g/mol. The Morgan fingerprint density at radius 1 is 1.13 bits per heavy atom. The zero-order valence-electron chi connectivity index (χ0n) is 20.7. The summed E-state index contributed by atoms with van der Waals surface area (Å²) in [7, 11) is -2.07. The Morgan fingerprint density at radius 3 is 2.19 bits per heavy atom. The number of β-lactam (4-membered cyclic amide) rings is 1. The number of carbonyl (C=O) groups is 3. The molecule has 2 aliphatic heterocycles. The van der Waals surface area contributed by atoms with Crippen LogP contribution in [0.25, 0.3) is 0 Å². The van der Waals surface area contributed by atoms with Gasteiger partial charge in [0, 0.05) is 18.4 Å². The van der Waals surface area contributed by atoms with E-state index in [4.69, 9.17) is 13.9 Å². The third-order valence-electron chi connectivity index (χ3n) is 6.76. The standard InChI is InChI=1S/C23H39NO6Si/c1-13(2)11-29-22(27)20-17(12-28-16(5)25)14(3)19-18(21(26)24(19)20)15(4)30-31(9,10)23(6,7)8/h13-15,18-19H,11-12H2,1-10H3/t14-,15?,18+,19+/m0/s1. The predicted octanol–water partition coefficient (Wildman–Crippen LogP) is 3.89. The van der Waals surface area contributed by atoms with Crippen LogP contribution in [0.1, 0.15) is 55.4 Å². The second-order valence-electron chi connectivity index (χ2n) is 10.7. The smallest absolute Gasteiger partial charge is 0.355 e. The maximum absolute atomic E-state index is 13.2. The van der Waals surface area contributed by atoms with Gasteiger partial charge in [-0.2, -0.15) is 0 Å².